The molecule has 0 aliphatic rings. The molecule has 16 heavy (non-hydrogen) atoms. The summed E-state index contributed by atoms with van der Waals surface area (Å²) in [4.78, 5) is 3.13. The maximum absolute atomic E-state index is 8.57. The molecule has 0 saturated heterocycles. The van der Waals surface area contributed by atoms with Crippen LogP contribution in [0.4, 0.5) is 5.69 Å². The largest absolute Gasteiger partial charge is 0.385 e. The maximum Gasteiger partial charge on any atom is 0.385 e. The van der Waals surface area contributed by atoms with E-state index in [-0.39, 0.29) is 0 Å². The molecule has 0 heterocycles. The Morgan fingerprint density at radius 1 is 0.875 bits per heavy atom. The molecule has 0 N–H and O–H groups in total. The van der Waals surface area contributed by atoms with Crippen LogP contribution in [0, 0.1) is 12.3 Å². The third-order valence-electron chi connectivity index (χ3n) is 2.58. The van der Waals surface area contributed by atoms with Crippen molar-refractivity contribution in [1.82, 2.24) is 0 Å². The van der Waals surface area contributed by atoms with Crippen LogP contribution in [0.3, 0.4) is 0 Å². The fraction of sp³-hybridized carbons (Fsp3) is 0.143. The fourth-order valence-corrected chi connectivity index (χ4v) is 1.62. The van der Waals surface area contributed by atoms with E-state index in [1.165, 1.54) is 16.7 Å². The van der Waals surface area contributed by atoms with Gasteiger partial charge in [0.05, 0.1) is 0 Å². The van der Waals surface area contributed by atoms with Crippen LogP contribution in [0.15, 0.2) is 48.5 Å². The van der Waals surface area contributed by atoms with Crippen LogP contribution >= 0.6 is 0 Å². The summed E-state index contributed by atoms with van der Waals surface area (Å²) in [5.41, 5.74) is 4.38. The molecule has 2 aromatic rings. The highest BCUT2D eigenvalue weighted by Gasteiger charge is 2.03. The molecule has 0 fully saturated rings. The van der Waals surface area contributed by atoms with Crippen LogP contribution in [0.1, 0.15) is 16.7 Å². The highest BCUT2D eigenvalue weighted by atomic mass is 14.8. The Labute approximate surface area is 95.2 Å². The summed E-state index contributed by atoms with van der Waals surface area (Å²) >= 11 is 0. The Morgan fingerprint density at radius 2 is 1.38 bits per heavy atom. The van der Waals surface area contributed by atoms with Gasteiger partial charge in [-0.1, -0.05) is 42.0 Å². The lowest BCUT2D eigenvalue weighted by Crippen LogP contribution is -1.87. The van der Waals surface area contributed by atoms with E-state index in [0.717, 1.165) is 6.42 Å². The Bertz CT molecular complexity index is 504. The second-order valence-electron chi connectivity index (χ2n) is 3.93. The van der Waals surface area contributed by atoms with Gasteiger partial charge in [0.2, 0.25) is 5.39 Å². The van der Waals surface area contributed by atoms with Gasteiger partial charge in [0.1, 0.15) is 0 Å². The standard InChI is InChI=1S/C14H13N2/c1-11-2-4-12(5-3-11)10-13-6-8-14(16-15)9-7-13/h2-9H,10H2,1H3/q+1. The average Bonchev–Trinajstić information content (AvgIpc) is 2.33. The monoisotopic (exact) mass is 209 g/mol. The summed E-state index contributed by atoms with van der Waals surface area (Å²) in [6.07, 6.45) is 0.909. The van der Waals surface area contributed by atoms with Gasteiger partial charge in [-0.15, -0.1) is 0 Å². The third kappa shape index (κ3) is 2.46. The molecule has 0 aromatic heterocycles. The molecule has 0 radical (unpaired) electrons. The minimum Gasteiger partial charge on any atom is -0.0590 e. The van der Waals surface area contributed by atoms with Gasteiger partial charge in [-0.3, -0.25) is 0 Å². The molecule has 0 saturated carbocycles. The van der Waals surface area contributed by atoms with E-state index >= 15 is 0 Å². The van der Waals surface area contributed by atoms with Crippen LogP contribution < -0.4 is 0 Å². The van der Waals surface area contributed by atoms with Crippen LogP contribution in [-0.2, 0) is 6.42 Å². The van der Waals surface area contributed by atoms with Crippen molar-refractivity contribution in [1.29, 1.82) is 5.39 Å². The second kappa shape index (κ2) is 4.59. The molecule has 0 unspecified atom stereocenters. The summed E-state index contributed by atoms with van der Waals surface area (Å²) in [5.74, 6) is 0. The van der Waals surface area contributed by atoms with E-state index in [4.69, 9.17) is 5.39 Å². The summed E-state index contributed by atoms with van der Waals surface area (Å²) in [7, 11) is 0. The van der Waals surface area contributed by atoms with Crippen molar-refractivity contribution in [2.45, 2.75) is 13.3 Å². The number of rotatable bonds is 2. The molecule has 0 atom stereocenters. The second-order valence-corrected chi connectivity index (χ2v) is 3.93. The molecule has 78 valence electrons. The molecule has 0 spiro atoms. The maximum atomic E-state index is 8.57. The fourth-order valence-electron chi connectivity index (χ4n) is 1.62. The summed E-state index contributed by atoms with van der Waals surface area (Å²) in [6.45, 7) is 2.08. The minimum atomic E-state index is 0.590. The molecule has 0 aliphatic carbocycles. The van der Waals surface area contributed by atoms with Crippen molar-refractivity contribution in [3.05, 3.63) is 70.2 Å². The van der Waals surface area contributed by atoms with Crippen LogP contribution in [-0.4, -0.2) is 0 Å². The first-order chi connectivity index (χ1) is 7.78. The SMILES string of the molecule is Cc1ccc(Cc2ccc([N+]#N)cc2)cc1. The Balaban J connectivity index is 2.15. The number of hydrogen-bond acceptors (Lipinski definition) is 1. The third-order valence-corrected chi connectivity index (χ3v) is 2.58. The highest BCUT2D eigenvalue weighted by molar-refractivity contribution is 5.45. The molecule has 0 bridgehead atoms. The van der Waals surface area contributed by atoms with Gasteiger partial charge < -0.3 is 0 Å². The van der Waals surface area contributed by atoms with E-state index in [1.54, 1.807) is 0 Å². The van der Waals surface area contributed by atoms with E-state index in [0.29, 0.717) is 5.69 Å². The molecule has 0 aliphatic heterocycles. The van der Waals surface area contributed by atoms with Gasteiger partial charge in [-0.05, 0) is 24.5 Å². The predicted octanol–water partition coefficient (Wildman–Crippen LogP) is 4.07. The van der Waals surface area contributed by atoms with Gasteiger partial charge in [0.15, 0.2) is 4.98 Å². The summed E-state index contributed by atoms with van der Waals surface area (Å²) in [6, 6.07) is 16.1. The summed E-state index contributed by atoms with van der Waals surface area (Å²) in [5, 5.41) is 8.57. The lowest BCUT2D eigenvalue weighted by atomic mass is 10.0. The molecule has 2 rings (SSSR count). The normalized spacial score (nSPS) is 9.75. The van der Waals surface area contributed by atoms with Crippen molar-refractivity contribution >= 4 is 5.69 Å². The molecule has 2 nitrogen and oxygen atoms in total. The van der Waals surface area contributed by atoms with Gasteiger partial charge in [0, 0.05) is 12.1 Å². The van der Waals surface area contributed by atoms with Gasteiger partial charge in [-0.25, -0.2) is 0 Å². The number of benzene rings is 2. The first-order valence-corrected chi connectivity index (χ1v) is 5.27. The Hall–Kier alpha value is -2.14. The van der Waals surface area contributed by atoms with Crippen molar-refractivity contribution < 1.29 is 0 Å². The van der Waals surface area contributed by atoms with Crippen LogP contribution in [0.25, 0.3) is 4.98 Å². The first kappa shape index (κ1) is 10.4. The van der Waals surface area contributed by atoms with E-state index in [1.807, 2.05) is 24.3 Å². The Morgan fingerprint density at radius 3 is 1.88 bits per heavy atom. The van der Waals surface area contributed by atoms with Crippen molar-refractivity contribution in [2.75, 3.05) is 0 Å². The first-order valence-electron chi connectivity index (χ1n) is 5.27. The zero-order valence-corrected chi connectivity index (χ0v) is 9.22. The highest BCUT2D eigenvalue weighted by Crippen LogP contribution is 2.15. The van der Waals surface area contributed by atoms with Crippen molar-refractivity contribution in [3.8, 4) is 0 Å². The van der Waals surface area contributed by atoms with Crippen LogP contribution in [0.5, 0.6) is 0 Å². The predicted molar refractivity (Wildman–Crippen MR) is 65.2 cm³/mol. The molecular formula is C14H13N2+. The quantitative estimate of drug-likeness (QED) is 0.685. The lowest BCUT2D eigenvalue weighted by molar-refractivity contribution is 1.19. The van der Waals surface area contributed by atoms with Gasteiger partial charge in [0.25, 0.3) is 0 Å². The zero-order chi connectivity index (χ0) is 11.4. The average molecular weight is 209 g/mol. The number of aryl methyl sites for hydroxylation is 1. The van der Waals surface area contributed by atoms with Crippen LogP contribution in [0.2, 0.25) is 0 Å². The number of hydrogen-bond donors (Lipinski definition) is 0. The lowest BCUT2D eigenvalue weighted by Gasteiger charge is -2.01. The number of diazo groups is 1. The molecule has 2 heteroatoms. The van der Waals surface area contributed by atoms with E-state index in [9.17, 15) is 0 Å². The number of nitrogens with zero attached hydrogens (tertiary/aromatic N) is 2. The zero-order valence-electron chi connectivity index (χ0n) is 9.22. The minimum absolute atomic E-state index is 0.590. The van der Waals surface area contributed by atoms with E-state index in [2.05, 4.69) is 36.2 Å². The molecule has 2 aromatic carbocycles. The summed E-state index contributed by atoms with van der Waals surface area (Å²) < 4.78 is 0. The van der Waals surface area contributed by atoms with Gasteiger partial charge >= 0.3 is 5.69 Å². The topological polar surface area (TPSA) is 28.1 Å². The van der Waals surface area contributed by atoms with Gasteiger partial charge in [-0.2, -0.15) is 0 Å². The van der Waals surface area contributed by atoms with Crippen molar-refractivity contribution in [3.63, 3.8) is 0 Å². The van der Waals surface area contributed by atoms with E-state index < -0.39 is 0 Å². The molecular weight excluding hydrogens is 196 g/mol. The Kier molecular flexibility index (Phi) is 2.98. The smallest absolute Gasteiger partial charge is 0.0590 e. The van der Waals surface area contributed by atoms with Crippen molar-refractivity contribution in [2.24, 2.45) is 0 Å². The molecule has 0 amide bonds.